The molecule has 3 N–H and O–H groups in total. The van der Waals surface area contributed by atoms with Gasteiger partial charge in [0, 0.05) is 12.4 Å². The van der Waals surface area contributed by atoms with Crippen molar-refractivity contribution in [3.8, 4) is 0 Å². The number of benzene rings is 1. The fourth-order valence-electron chi connectivity index (χ4n) is 1.58. The van der Waals surface area contributed by atoms with E-state index < -0.39 is 20.7 Å². The van der Waals surface area contributed by atoms with Crippen LogP contribution in [0.4, 0.5) is 15.8 Å². The first-order valence-corrected chi connectivity index (χ1v) is 8.26. The third-order valence-electron chi connectivity index (χ3n) is 2.71. The molecular formula is C12H10BrClFN3O2S. The van der Waals surface area contributed by atoms with Crippen LogP contribution in [0.3, 0.4) is 0 Å². The van der Waals surface area contributed by atoms with E-state index in [-0.39, 0.29) is 15.2 Å². The van der Waals surface area contributed by atoms with Crippen LogP contribution in [0.25, 0.3) is 0 Å². The van der Waals surface area contributed by atoms with E-state index >= 15 is 0 Å². The van der Waals surface area contributed by atoms with Crippen molar-refractivity contribution in [3.63, 3.8) is 0 Å². The molecule has 0 bridgehead atoms. The van der Waals surface area contributed by atoms with Gasteiger partial charge < -0.3 is 5.73 Å². The molecule has 0 spiro atoms. The van der Waals surface area contributed by atoms with Crippen molar-refractivity contribution in [2.24, 2.45) is 0 Å². The van der Waals surface area contributed by atoms with Gasteiger partial charge in [-0.1, -0.05) is 11.6 Å². The first kappa shape index (κ1) is 16.0. The summed E-state index contributed by atoms with van der Waals surface area (Å²) in [6, 6.07) is 2.46. The van der Waals surface area contributed by atoms with Gasteiger partial charge in [-0.15, -0.1) is 0 Å². The van der Waals surface area contributed by atoms with Crippen molar-refractivity contribution < 1.29 is 12.8 Å². The summed E-state index contributed by atoms with van der Waals surface area (Å²) in [6.07, 6.45) is 2.90. The Hall–Kier alpha value is -1.38. The van der Waals surface area contributed by atoms with Gasteiger partial charge in [0.1, 0.15) is 4.90 Å². The molecule has 2 rings (SSSR count). The summed E-state index contributed by atoms with van der Waals surface area (Å²) in [5.74, 6) is -1.06. The fourth-order valence-corrected chi connectivity index (χ4v) is 3.39. The molecule has 21 heavy (non-hydrogen) atoms. The van der Waals surface area contributed by atoms with E-state index in [1.54, 1.807) is 6.92 Å². The van der Waals surface area contributed by atoms with E-state index in [9.17, 15) is 12.8 Å². The first-order valence-electron chi connectivity index (χ1n) is 5.60. The smallest absolute Gasteiger partial charge is 0.264 e. The molecule has 0 unspecified atom stereocenters. The van der Waals surface area contributed by atoms with Crippen molar-refractivity contribution in [1.29, 1.82) is 0 Å². The predicted molar refractivity (Wildman–Crippen MR) is 83.3 cm³/mol. The first-order chi connectivity index (χ1) is 9.74. The lowest BCUT2D eigenvalue weighted by Crippen LogP contribution is -2.16. The zero-order valence-corrected chi connectivity index (χ0v) is 13.9. The van der Waals surface area contributed by atoms with E-state index in [1.807, 2.05) is 0 Å². The van der Waals surface area contributed by atoms with Crippen LogP contribution in [0.2, 0.25) is 5.02 Å². The third-order valence-corrected chi connectivity index (χ3v) is 5.46. The van der Waals surface area contributed by atoms with Crippen LogP contribution in [0, 0.1) is 12.7 Å². The number of pyridine rings is 1. The monoisotopic (exact) mass is 393 g/mol. The Morgan fingerprint density at radius 2 is 2.14 bits per heavy atom. The Bertz CT molecular complexity index is 814. The standard InChI is InChI=1S/C12H10BrClFN3O2S/c1-6-5-17-3-2-8(6)18-21(19,20)9-4-7(14)10(13)12(16)11(9)15/h2-5H,16H2,1H3,(H,17,18). The normalized spacial score (nSPS) is 11.4. The lowest BCUT2D eigenvalue weighted by Gasteiger charge is -2.13. The second-order valence-electron chi connectivity index (χ2n) is 4.19. The van der Waals surface area contributed by atoms with Crippen LogP contribution in [0.1, 0.15) is 5.56 Å². The molecule has 0 saturated carbocycles. The minimum atomic E-state index is -4.17. The summed E-state index contributed by atoms with van der Waals surface area (Å²) < 4.78 is 41.1. The molecular weight excluding hydrogens is 385 g/mol. The van der Waals surface area contributed by atoms with Crippen LogP contribution in [-0.2, 0) is 10.0 Å². The van der Waals surface area contributed by atoms with Crippen molar-refractivity contribution in [1.82, 2.24) is 4.98 Å². The van der Waals surface area contributed by atoms with Crippen molar-refractivity contribution in [3.05, 3.63) is 45.4 Å². The van der Waals surface area contributed by atoms with Gasteiger partial charge in [-0.3, -0.25) is 9.71 Å². The summed E-state index contributed by atoms with van der Waals surface area (Å²) in [5.41, 5.74) is 6.02. The summed E-state index contributed by atoms with van der Waals surface area (Å²) in [4.78, 5) is 3.23. The van der Waals surface area contributed by atoms with Crippen molar-refractivity contribution >= 4 is 48.9 Å². The Balaban J connectivity index is 2.53. The molecule has 0 aliphatic carbocycles. The second-order valence-corrected chi connectivity index (χ2v) is 7.05. The molecule has 5 nitrogen and oxygen atoms in total. The fraction of sp³-hybridized carbons (Fsp3) is 0.0833. The number of rotatable bonds is 3. The molecule has 2 aromatic rings. The maximum atomic E-state index is 14.1. The zero-order valence-electron chi connectivity index (χ0n) is 10.7. The summed E-state index contributed by atoms with van der Waals surface area (Å²) in [7, 11) is -4.17. The van der Waals surface area contributed by atoms with E-state index in [0.29, 0.717) is 11.3 Å². The second kappa shape index (κ2) is 5.78. The Morgan fingerprint density at radius 3 is 2.76 bits per heavy atom. The molecule has 0 radical (unpaired) electrons. The number of nitrogen functional groups attached to an aromatic ring is 1. The molecule has 0 saturated heterocycles. The number of nitrogens with zero attached hydrogens (tertiary/aromatic N) is 1. The number of aromatic nitrogens is 1. The van der Waals surface area contributed by atoms with Crippen molar-refractivity contribution in [2.75, 3.05) is 10.5 Å². The molecule has 9 heteroatoms. The van der Waals surface area contributed by atoms with Crippen LogP contribution < -0.4 is 10.5 Å². The molecule has 1 aromatic heterocycles. The molecule has 0 aliphatic rings. The summed E-state index contributed by atoms with van der Waals surface area (Å²) in [6.45, 7) is 1.67. The number of hydrogen-bond donors (Lipinski definition) is 2. The van der Waals surface area contributed by atoms with Gasteiger partial charge in [0.05, 0.1) is 20.9 Å². The zero-order chi connectivity index (χ0) is 15.8. The van der Waals surface area contributed by atoms with Crippen LogP contribution in [-0.4, -0.2) is 13.4 Å². The SMILES string of the molecule is Cc1cnccc1NS(=O)(=O)c1cc(Cl)c(Br)c(N)c1F. The molecule has 0 fully saturated rings. The number of anilines is 2. The Kier molecular flexibility index (Phi) is 4.40. The van der Waals surface area contributed by atoms with Gasteiger partial charge in [-0.05, 0) is 40.5 Å². The highest BCUT2D eigenvalue weighted by Gasteiger charge is 2.24. The van der Waals surface area contributed by atoms with Crippen molar-refractivity contribution in [2.45, 2.75) is 11.8 Å². The number of sulfonamides is 1. The highest BCUT2D eigenvalue weighted by atomic mass is 79.9. The van der Waals surface area contributed by atoms with Gasteiger partial charge in [0.2, 0.25) is 0 Å². The predicted octanol–water partition coefficient (Wildman–Crippen LogP) is 3.33. The van der Waals surface area contributed by atoms with Gasteiger partial charge in [0.25, 0.3) is 10.0 Å². The molecule has 112 valence electrons. The average Bonchev–Trinajstić information content (AvgIpc) is 2.42. The Morgan fingerprint density at radius 1 is 1.48 bits per heavy atom. The van der Waals surface area contributed by atoms with Crippen LogP contribution >= 0.6 is 27.5 Å². The summed E-state index contributed by atoms with van der Waals surface area (Å²) >= 11 is 8.82. The highest BCUT2D eigenvalue weighted by molar-refractivity contribution is 9.10. The van der Waals surface area contributed by atoms with Crippen LogP contribution in [0.5, 0.6) is 0 Å². The van der Waals surface area contributed by atoms with E-state index in [2.05, 4.69) is 25.6 Å². The topological polar surface area (TPSA) is 85.1 Å². The minimum absolute atomic E-state index is 0.000672. The quantitative estimate of drug-likeness (QED) is 0.618. The molecule has 0 atom stereocenters. The third kappa shape index (κ3) is 3.12. The average molecular weight is 395 g/mol. The number of hydrogen-bond acceptors (Lipinski definition) is 4. The molecule has 0 aliphatic heterocycles. The molecule has 1 aromatic carbocycles. The maximum Gasteiger partial charge on any atom is 0.264 e. The van der Waals surface area contributed by atoms with Gasteiger partial charge in [0.15, 0.2) is 5.82 Å². The lowest BCUT2D eigenvalue weighted by molar-refractivity contribution is 0.572. The van der Waals surface area contributed by atoms with E-state index in [0.717, 1.165) is 6.07 Å². The van der Waals surface area contributed by atoms with Gasteiger partial charge in [-0.25, -0.2) is 12.8 Å². The Labute approximate surface area is 134 Å². The highest BCUT2D eigenvalue weighted by Crippen LogP contribution is 2.35. The van der Waals surface area contributed by atoms with Gasteiger partial charge in [-0.2, -0.15) is 0 Å². The number of halogens is 3. The molecule has 0 amide bonds. The van der Waals surface area contributed by atoms with E-state index in [1.165, 1.54) is 18.5 Å². The number of nitrogens with two attached hydrogens (primary N) is 1. The largest absolute Gasteiger partial charge is 0.395 e. The minimum Gasteiger partial charge on any atom is -0.395 e. The van der Waals surface area contributed by atoms with Gasteiger partial charge >= 0.3 is 0 Å². The number of nitrogens with one attached hydrogen (secondary N) is 1. The molecule has 1 heterocycles. The summed E-state index contributed by atoms with van der Waals surface area (Å²) in [5, 5.41) is 0.000672. The van der Waals surface area contributed by atoms with Crippen LogP contribution in [0.15, 0.2) is 33.9 Å². The maximum absolute atomic E-state index is 14.1. The lowest BCUT2D eigenvalue weighted by atomic mass is 10.3. The van der Waals surface area contributed by atoms with E-state index in [4.69, 9.17) is 17.3 Å². The number of aryl methyl sites for hydroxylation is 1.